The summed E-state index contributed by atoms with van der Waals surface area (Å²) >= 11 is 0. The second kappa shape index (κ2) is 4.63. The fraction of sp³-hybridized carbons (Fsp3) is 1.00. The summed E-state index contributed by atoms with van der Waals surface area (Å²) in [6.45, 7) is 10.2. The molecule has 92 valence electrons. The Bertz CT molecular complexity index is 235. The summed E-state index contributed by atoms with van der Waals surface area (Å²) in [7, 11) is 0. The second-order valence-corrected chi connectivity index (χ2v) is 5.95. The third-order valence-electron chi connectivity index (χ3n) is 4.72. The van der Waals surface area contributed by atoms with E-state index in [1.807, 2.05) is 0 Å². The minimum Gasteiger partial charge on any atom is -0.316 e. The fourth-order valence-corrected chi connectivity index (χ4v) is 3.70. The molecule has 1 N–H and O–H groups in total. The zero-order valence-corrected chi connectivity index (χ0v) is 10.5. The quantitative estimate of drug-likeness (QED) is 0.746. The minimum absolute atomic E-state index is 0.773. The van der Waals surface area contributed by atoms with Gasteiger partial charge in [0.25, 0.3) is 0 Å². The monoisotopic (exact) mass is 223 g/mol. The number of nitrogens with zero attached hydrogens (tertiary/aromatic N) is 2. The second-order valence-electron chi connectivity index (χ2n) is 5.95. The molecule has 3 fully saturated rings. The van der Waals surface area contributed by atoms with Crippen molar-refractivity contribution in [2.75, 3.05) is 39.3 Å². The van der Waals surface area contributed by atoms with E-state index in [4.69, 9.17) is 0 Å². The van der Waals surface area contributed by atoms with Crippen molar-refractivity contribution in [2.45, 2.75) is 38.3 Å². The van der Waals surface area contributed by atoms with Gasteiger partial charge in [0.05, 0.1) is 0 Å². The first-order valence-corrected chi connectivity index (χ1v) is 7.02. The number of piperazine rings is 1. The van der Waals surface area contributed by atoms with Crippen LogP contribution in [0.1, 0.15) is 26.2 Å². The van der Waals surface area contributed by atoms with Crippen LogP contribution in [0, 0.1) is 5.92 Å². The van der Waals surface area contributed by atoms with Crippen molar-refractivity contribution >= 4 is 0 Å². The molecule has 0 radical (unpaired) electrons. The highest BCUT2D eigenvalue weighted by Gasteiger charge is 2.35. The summed E-state index contributed by atoms with van der Waals surface area (Å²) < 4.78 is 0. The van der Waals surface area contributed by atoms with Crippen molar-refractivity contribution < 1.29 is 0 Å². The molecule has 0 saturated carbocycles. The molecule has 3 atom stereocenters. The molecule has 3 heteroatoms. The molecule has 3 unspecified atom stereocenters. The van der Waals surface area contributed by atoms with Gasteiger partial charge in [-0.25, -0.2) is 0 Å². The van der Waals surface area contributed by atoms with Gasteiger partial charge in [-0.2, -0.15) is 0 Å². The SMILES string of the molecule is CC1CN2CCCC2CN1CC1CCNC1. The van der Waals surface area contributed by atoms with Crippen LogP contribution < -0.4 is 5.32 Å². The maximum atomic E-state index is 3.49. The standard InChI is InChI=1S/C13H25N3/c1-11-8-15-6-2-3-13(15)10-16(11)9-12-4-5-14-7-12/h11-14H,2-10H2,1H3. The molecule has 0 aromatic carbocycles. The first-order chi connectivity index (χ1) is 7.83. The first-order valence-electron chi connectivity index (χ1n) is 7.02. The summed E-state index contributed by atoms with van der Waals surface area (Å²) in [5.74, 6) is 0.912. The Hall–Kier alpha value is -0.120. The van der Waals surface area contributed by atoms with Gasteiger partial charge in [-0.15, -0.1) is 0 Å². The zero-order chi connectivity index (χ0) is 11.0. The van der Waals surface area contributed by atoms with E-state index in [1.165, 1.54) is 58.5 Å². The Balaban J connectivity index is 1.57. The van der Waals surface area contributed by atoms with E-state index in [0.717, 1.165) is 18.0 Å². The topological polar surface area (TPSA) is 18.5 Å². The molecule has 16 heavy (non-hydrogen) atoms. The van der Waals surface area contributed by atoms with E-state index in [-0.39, 0.29) is 0 Å². The maximum Gasteiger partial charge on any atom is 0.0224 e. The Morgan fingerprint density at radius 1 is 1.25 bits per heavy atom. The number of rotatable bonds is 2. The van der Waals surface area contributed by atoms with Crippen molar-refractivity contribution in [1.29, 1.82) is 0 Å². The molecule has 3 heterocycles. The number of hydrogen-bond donors (Lipinski definition) is 1. The summed E-state index contributed by atoms with van der Waals surface area (Å²) in [5, 5.41) is 3.49. The van der Waals surface area contributed by atoms with Gasteiger partial charge in [0.2, 0.25) is 0 Å². The predicted molar refractivity (Wildman–Crippen MR) is 66.6 cm³/mol. The molecule has 3 rings (SSSR count). The van der Waals surface area contributed by atoms with Crippen LogP contribution in [0.5, 0.6) is 0 Å². The molecule has 0 aromatic heterocycles. The lowest BCUT2D eigenvalue weighted by Gasteiger charge is -2.43. The molecule has 0 aromatic rings. The number of fused-ring (bicyclic) bond motifs is 1. The van der Waals surface area contributed by atoms with E-state index in [1.54, 1.807) is 0 Å². The Labute approximate surface area is 99.2 Å². The van der Waals surface area contributed by atoms with Gasteiger partial charge >= 0.3 is 0 Å². The smallest absolute Gasteiger partial charge is 0.0224 e. The van der Waals surface area contributed by atoms with Crippen molar-refractivity contribution in [1.82, 2.24) is 15.1 Å². The summed E-state index contributed by atoms with van der Waals surface area (Å²) in [5.41, 5.74) is 0. The van der Waals surface area contributed by atoms with Gasteiger partial charge in [-0.05, 0) is 51.7 Å². The first kappa shape index (κ1) is 11.0. The van der Waals surface area contributed by atoms with Crippen LogP contribution in [0.4, 0.5) is 0 Å². The number of hydrogen-bond acceptors (Lipinski definition) is 3. The van der Waals surface area contributed by atoms with Gasteiger partial charge < -0.3 is 5.32 Å². The summed E-state index contributed by atoms with van der Waals surface area (Å²) in [6.07, 6.45) is 4.25. The molecular weight excluding hydrogens is 198 g/mol. The summed E-state index contributed by atoms with van der Waals surface area (Å²) in [4.78, 5) is 5.47. The van der Waals surface area contributed by atoms with Crippen molar-refractivity contribution in [2.24, 2.45) is 5.92 Å². The van der Waals surface area contributed by atoms with Crippen LogP contribution in [0.15, 0.2) is 0 Å². The predicted octanol–water partition coefficient (Wildman–Crippen LogP) is 0.764. The molecule has 0 aliphatic carbocycles. The third-order valence-corrected chi connectivity index (χ3v) is 4.72. The average molecular weight is 223 g/mol. The normalized spacial score (nSPS) is 41.4. The van der Waals surface area contributed by atoms with Gasteiger partial charge in [0, 0.05) is 31.7 Å². The molecule has 0 amide bonds. The summed E-state index contributed by atoms with van der Waals surface area (Å²) in [6, 6.07) is 1.65. The zero-order valence-electron chi connectivity index (χ0n) is 10.5. The molecule has 3 saturated heterocycles. The van der Waals surface area contributed by atoms with E-state index in [9.17, 15) is 0 Å². The van der Waals surface area contributed by atoms with Crippen LogP contribution in [0.3, 0.4) is 0 Å². The van der Waals surface area contributed by atoms with E-state index >= 15 is 0 Å². The molecular formula is C13H25N3. The van der Waals surface area contributed by atoms with Crippen LogP contribution in [0.25, 0.3) is 0 Å². The van der Waals surface area contributed by atoms with E-state index < -0.39 is 0 Å². The highest BCUT2D eigenvalue weighted by atomic mass is 15.3. The molecule has 3 nitrogen and oxygen atoms in total. The van der Waals surface area contributed by atoms with Crippen LogP contribution in [-0.2, 0) is 0 Å². The van der Waals surface area contributed by atoms with Crippen LogP contribution in [0.2, 0.25) is 0 Å². The van der Waals surface area contributed by atoms with E-state index in [2.05, 4.69) is 22.0 Å². The van der Waals surface area contributed by atoms with Gasteiger partial charge in [-0.1, -0.05) is 0 Å². The lowest BCUT2D eigenvalue weighted by molar-refractivity contribution is 0.0500. The highest BCUT2D eigenvalue weighted by Crippen LogP contribution is 2.25. The molecule has 3 aliphatic heterocycles. The van der Waals surface area contributed by atoms with Crippen LogP contribution >= 0.6 is 0 Å². The van der Waals surface area contributed by atoms with Gasteiger partial charge in [-0.3, -0.25) is 9.80 Å². The van der Waals surface area contributed by atoms with Crippen molar-refractivity contribution in [3.63, 3.8) is 0 Å². The Morgan fingerprint density at radius 2 is 2.19 bits per heavy atom. The molecule has 0 spiro atoms. The highest BCUT2D eigenvalue weighted by molar-refractivity contribution is 4.91. The molecule has 0 bridgehead atoms. The van der Waals surface area contributed by atoms with E-state index in [0.29, 0.717) is 0 Å². The molecule has 3 aliphatic rings. The fourth-order valence-electron chi connectivity index (χ4n) is 3.70. The van der Waals surface area contributed by atoms with Crippen molar-refractivity contribution in [3.05, 3.63) is 0 Å². The lowest BCUT2D eigenvalue weighted by atomic mass is 10.0. The Morgan fingerprint density at radius 3 is 3.00 bits per heavy atom. The Kier molecular flexibility index (Phi) is 3.18. The average Bonchev–Trinajstić information content (AvgIpc) is 2.89. The number of nitrogens with one attached hydrogen (secondary N) is 1. The lowest BCUT2D eigenvalue weighted by Crippen LogP contribution is -2.55. The van der Waals surface area contributed by atoms with Gasteiger partial charge in [0.1, 0.15) is 0 Å². The largest absolute Gasteiger partial charge is 0.316 e. The maximum absolute atomic E-state index is 3.49. The van der Waals surface area contributed by atoms with Crippen LogP contribution in [-0.4, -0.2) is 61.2 Å². The minimum atomic E-state index is 0.773. The van der Waals surface area contributed by atoms with Crippen molar-refractivity contribution in [3.8, 4) is 0 Å². The third kappa shape index (κ3) is 2.13. The van der Waals surface area contributed by atoms with Gasteiger partial charge in [0.15, 0.2) is 0 Å².